The monoisotopic (exact) mass is 754 g/mol. The summed E-state index contributed by atoms with van der Waals surface area (Å²) in [6.45, 7) is 4.24. The van der Waals surface area contributed by atoms with Gasteiger partial charge in [0.15, 0.2) is 6.10 Å². The molecule has 2 aromatic rings. The Morgan fingerprint density at radius 3 is 2.33 bits per heavy atom. The van der Waals surface area contributed by atoms with Gasteiger partial charge in [0.1, 0.15) is 0 Å². The smallest absolute Gasteiger partial charge is 0.418 e. The third kappa shape index (κ3) is 7.88. The predicted octanol–water partition coefficient (Wildman–Crippen LogP) is 5.95. The average molecular weight is 756 g/mol. The number of nitrogens with one attached hydrogen (secondary N) is 2. The van der Waals surface area contributed by atoms with Crippen LogP contribution in [0.4, 0.5) is 34.1 Å². The van der Waals surface area contributed by atoms with Crippen molar-refractivity contribution in [3.63, 3.8) is 0 Å². The van der Waals surface area contributed by atoms with Crippen molar-refractivity contribution in [2.45, 2.75) is 69.7 Å². The van der Waals surface area contributed by atoms with Gasteiger partial charge in [-0.1, -0.05) is 0 Å². The molecule has 5 heterocycles. The van der Waals surface area contributed by atoms with E-state index < -0.39 is 35.5 Å². The van der Waals surface area contributed by atoms with Gasteiger partial charge in [-0.25, -0.2) is 9.59 Å². The summed E-state index contributed by atoms with van der Waals surface area (Å²) in [5.74, 6) is 0.720. The zero-order chi connectivity index (χ0) is 34.0. The van der Waals surface area contributed by atoms with E-state index in [0.29, 0.717) is 57.4 Å². The molecule has 262 valence electrons. The Morgan fingerprint density at radius 1 is 0.979 bits per heavy atom. The molecule has 4 aliphatic rings. The largest absolute Gasteiger partial charge is 0.436 e. The molecule has 1 aromatic carbocycles. The molecule has 4 N–H and O–H groups in total. The lowest BCUT2D eigenvalue weighted by molar-refractivity contribution is -0.142. The number of fused-ring (bicyclic) bond motifs is 1. The van der Waals surface area contributed by atoms with Crippen LogP contribution in [0.5, 0.6) is 0 Å². The second-order valence-corrected chi connectivity index (χ2v) is 14.9. The third-order valence-corrected chi connectivity index (χ3v) is 11.8. The molecule has 0 aliphatic carbocycles. The summed E-state index contributed by atoms with van der Waals surface area (Å²) in [6.07, 6.45) is -1.19. The Morgan fingerprint density at radius 2 is 1.65 bits per heavy atom. The van der Waals surface area contributed by atoms with E-state index in [1.807, 2.05) is 15.7 Å². The summed E-state index contributed by atoms with van der Waals surface area (Å²) in [4.78, 5) is 45.5. The van der Waals surface area contributed by atoms with E-state index in [2.05, 4.69) is 26.6 Å². The molecular formula is C33H42BrF3N6O4S. The highest BCUT2D eigenvalue weighted by Crippen LogP contribution is 2.39. The number of benzene rings is 1. The number of nitrogen functional groups attached to an aromatic ring is 1. The second-order valence-electron chi connectivity index (χ2n) is 13.3. The SMILES string of the molecule is Nc1c(Br)cc(C[C@@H](OC(=O)N2CCC(N3CCc4cscc4NC3=O)CC2)C(=O)N2CCC(C3CCNCC3)CC2)cc1C(F)(F)F. The van der Waals surface area contributed by atoms with Gasteiger partial charge in [0.05, 0.1) is 16.9 Å². The number of hydrogen-bond donors (Lipinski definition) is 3. The van der Waals surface area contributed by atoms with Gasteiger partial charge in [-0.2, -0.15) is 13.2 Å². The van der Waals surface area contributed by atoms with Crippen molar-refractivity contribution >= 4 is 56.7 Å². The highest BCUT2D eigenvalue weighted by atomic mass is 79.9. The topological polar surface area (TPSA) is 120 Å². The van der Waals surface area contributed by atoms with Crippen LogP contribution in [0.25, 0.3) is 0 Å². The molecule has 0 spiro atoms. The first-order valence-electron chi connectivity index (χ1n) is 16.7. The number of carbonyl (C=O) groups is 3. The number of hydrogen-bond acceptors (Lipinski definition) is 7. The number of anilines is 2. The first-order chi connectivity index (χ1) is 23.0. The van der Waals surface area contributed by atoms with Crippen LogP contribution in [-0.4, -0.2) is 90.7 Å². The maximum atomic E-state index is 13.9. The number of halogens is 4. The molecule has 4 amide bonds. The number of rotatable bonds is 6. The van der Waals surface area contributed by atoms with Crippen molar-refractivity contribution in [3.8, 4) is 0 Å². The number of alkyl halides is 3. The molecule has 6 rings (SSSR count). The van der Waals surface area contributed by atoms with Crippen molar-refractivity contribution < 1.29 is 32.3 Å². The Hall–Kier alpha value is -3.04. The van der Waals surface area contributed by atoms with E-state index in [1.165, 1.54) is 11.0 Å². The summed E-state index contributed by atoms with van der Waals surface area (Å²) in [5.41, 5.74) is 6.41. The van der Waals surface area contributed by atoms with E-state index in [9.17, 15) is 27.6 Å². The van der Waals surface area contributed by atoms with E-state index in [-0.39, 0.29) is 28.5 Å². The Bertz CT molecular complexity index is 1490. The standard InChI is InChI=1S/C33H42BrF3N6O4S/c34-26-16-20(15-25(29(26)38)33(35,36)37)17-28(30(44)41-10-3-22(4-11-41)21-1-8-39-9-2-21)47-32(46)42-12-6-24(7-13-42)43-14-5-23-18-48-19-27(23)40-31(43)45/h15-16,18-19,21-22,24,28,39H,1-14,17,38H2,(H,40,45)/t28-/m1/s1. The van der Waals surface area contributed by atoms with Crippen molar-refractivity contribution in [3.05, 3.63) is 44.1 Å². The number of urea groups is 1. The van der Waals surface area contributed by atoms with Crippen LogP contribution in [0.1, 0.15) is 55.2 Å². The fourth-order valence-electron chi connectivity index (χ4n) is 7.59. The molecule has 48 heavy (non-hydrogen) atoms. The van der Waals surface area contributed by atoms with Crippen LogP contribution < -0.4 is 16.4 Å². The molecule has 0 radical (unpaired) electrons. The lowest BCUT2D eigenvalue weighted by Crippen LogP contribution is -2.52. The van der Waals surface area contributed by atoms with Gasteiger partial charge in [-0.15, -0.1) is 11.3 Å². The summed E-state index contributed by atoms with van der Waals surface area (Å²) < 4.78 is 47.3. The quantitative estimate of drug-likeness (QED) is 0.314. The lowest BCUT2D eigenvalue weighted by atomic mass is 9.79. The van der Waals surface area contributed by atoms with E-state index in [4.69, 9.17) is 10.5 Å². The Labute approximate surface area is 290 Å². The first-order valence-corrected chi connectivity index (χ1v) is 18.4. The zero-order valence-electron chi connectivity index (χ0n) is 26.7. The van der Waals surface area contributed by atoms with Crippen LogP contribution in [0.2, 0.25) is 0 Å². The van der Waals surface area contributed by atoms with Gasteiger partial charge < -0.3 is 35.8 Å². The van der Waals surface area contributed by atoms with Gasteiger partial charge in [-0.3, -0.25) is 4.79 Å². The number of piperidine rings is 3. The summed E-state index contributed by atoms with van der Waals surface area (Å²) in [7, 11) is 0. The second kappa shape index (κ2) is 14.8. The Kier molecular flexibility index (Phi) is 10.8. The number of nitrogens with two attached hydrogens (primary N) is 1. The normalized spacial score (nSPS) is 21.0. The fourth-order valence-corrected chi connectivity index (χ4v) is 8.92. The molecule has 3 fully saturated rings. The van der Waals surface area contributed by atoms with Crippen LogP contribution >= 0.6 is 27.3 Å². The molecule has 0 saturated carbocycles. The molecule has 10 nitrogen and oxygen atoms in total. The van der Waals surface area contributed by atoms with Gasteiger partial charge in [0.25, 0.3) is 5.91 Å². The minimum atomic E-state index is -4.70. The van der Waals surface area contributed by atoms with Crippen LogP contribution in [0, 0.1) is 11.8 Å². The summed E-state index contributed by atoms with van der Waals surface area (Å²) in [5, 5.41) is 10.3. The van der Waals surface area contributed by atoms with Crippen molar-refractivity contribution in [1.82, 2.24) is 20.0 Å². The molecular weight excluding hydrogens is 713 g/mol. The van der Waals surface area contributed by atoms with E-state index in [1.54, 1.807) is 16.2 Å². The minimum Gasteiger partial charge on any atom is -0.436 e. The van der Waals surface area contributed by atoms with Crippen molar-refractivity contribution in [2.24, 2.45) is 11.8 Å². The molecule has 15 heteroatoms. The van der Waals surface area contributed by atoms with Crippen LogP contribution in [0.15, 0.2) is 27.4 Å². The highest BCUT2D eigenvalue weighted by molar-refractivity contribution is 9.10. The zero-order valence-corrected chi connectivity index (χ0v) is 29.1. The highest BCUT2D eigenvalue weighted by Gasteiger charge is 2.38. The van der Waals surface area contributed by atoms with E-state index in [0.717, 1.165) is 62.5 Å². The van der Waals surface area contributed by atoms with Crippen LogP contribution in [0.3, 0.4) is 0 Å². The van der Waals surface area contributed by atoms with Gasteiger partial charge in [0, 0.05) is 55.0 Å². The lowest BCUT2D eigenvalue weighted by Gasteiger charge is -2.39. The molecule has 4 aliphatic heterocycles. The number of carbonyl (C=O) groups excluding carboxylic acids is 3. The number of nitrogens with zero attached hydrogens (tertiary/aromatic N) is 3. The van der Waals surface area contributed by atoms with E-state index >= 15 is 0 Å². The van der Waals surface area contributed by atoms with Gasteiger partial charge in [-0.05, 0) is 114 Å². The number of likely N-dealkylation sites (tertiary alicyclic amines) is 2. The van der Waals surface area contributed by atoms with Crippen molar-refractivity contribution in [1.29, 1.82) is 0 Å². The molecule has 3 saturated heterocycles. The van der Waals surface area contributed by atoms with Gasteiger partial charge in [0.2, 0.25) is 0 Å². The summed E-state index contributed by atoms with van der Waals surface area (Å²) >= 11 is 4.69. The molecule has 1 aromatic heterocycles. The van der Waals surface area contributed by atoms with Gasteiger partial charge >= 0.3 is 18.3 Å². The third-order valence-electron chi connectivity index (χ3n) is 10.4. The molecule has 1 atom stereocenters. The maximum absolute atomic E-state index is 13.9. The summed E-state index contributed by atoms with van der Waals surface area (Å²) in [6, 6.07) is 2.15. The molecule has 0 bridgehead atoms. The first kappa shape index (κ1) is 34.8. The Balaban J connectivity index is 1.12. The number of amides is 4. The fraction of sp³-hybridized carbons (Fsp3) is 0.606. The average Bonchev–Trinajstić information content (AvgIpc) is 3.45. The van der Waals surface area contributed by atoms with Crippen molar-refractivity contribution in [2.75, 3.05) is 56.9 Å². The minimum absolute atomic E-state index is 0.0576. The number of ether oxygens (including phenoxy) is 1. The number of thiophene rings is 1. The molecule has 0 unspecified atom stereocenters. The van der Waals surface area contributed by atoms with Crippen LogP contribution in [-0.2, 0) is 28.5 Å². The predicted molar refractivity (Wildman–Crippen MR) is 181 cm³/mol. The maximum Gasteiger partial charge on any atom is 0.418 e.